The molecule has 3 aromatic rings. The molecule has 3 rings (SSSR count). The zero-order valence-electron chi connectivity index (χ0n) is 14.0. The second kappa shape index (κ2) is 7.07. The topological polar surface area (TPSA) is 64.0 Å². The van der Waals surface area contributed by atoms with Crippen molar-refractivity contribution in [1.29, 1.82) is 0 Å². The van der Waals surface area contributed by atoms with Crippen LogP contribution in [-0.2, 0) is 11.3 Å². The fraction of sp³-hybridized carbons (Fsp3) is 0.211. The average molecular weight is 356 g/mol. The molecule has 1 N–H and O–H groups in total. The lowest BCUT2D eigenvalue weighted by atomic mass is 10.0. The predicted molar refractivity (Wildman–Crippen MR) is 100 cm³/mol. The number of nitrogens with zero attached hydrogens (tertiary/aromatic N) is 2. The normalized spacial score (nSPS) is 11.0. The third-order valence-corrected chi connectivity index (χ3v) is 4.17. The lowest BCUT2D eigenvalue weighted by Crippen LogP contribution is -2.27. The van der Waals surface area contributed by atoms with E-state index in [0.29, 0.717) is 27.5 Å². The molecule has 1 aromatic heterocycles. The van der Waals surface area contributed by atoms with Crippen LogP contribution in [0.2, 0.25) is 5.02 Å². The number of rotatable bonds is 4. The van der Waals surface area contributed by atoms with Crippen LogP contribution in [-0.4, -0.2) is 15.5 Å². The lowest BCUT2D eigenvalue weighted by molar-refractivity contribution is -0.116. The Morgan fingerprint density at radius 1 is 1.24 bits per heavy atom. The zero-order valence-corrected chi connectivity index (χ0v) is 14.7. The van der Waals surface area contributed by atoms with Crippen molar-refractivity contribution >= 4 is 34.1 Å². The number of carbonyl (C=O) groups excluding carboxylic acids is 1. The minimum Gasteiger partial charge on any atom is -0.325 e. The summed E-state index contributed by atoms with van der Waals surface area (Å²) < 4.78 is 1.28. The first kappa shape index (κ1) is 17.2. The smallest absolute Gasteiger partial charge is 0.261 e. The Hall–Kier alpha value is -2.66. The number of carbonyl (C=O) groups is 1. The summed E-state index contributed by atoms with van der Waals surface area (Å²) in [7, 11) is 0. The van der Waals surface area contributed by atoms with E-state index in [1.165, 1.54) is 10.9 Å². The molecule has 1 heterocycles. The van der Waals surface area contributed by atoms with Crippen LogP contribution in [0.1, 0.15) is 25.3 Å². The molecule has 128 valence electrons. The van der Waals surface area contributed by atoms with E-state index in [0.717, 1.165) is 5.56 Å². The summed E-state index contributed by atoms with van der Waals surface area (Å²) >= 11 is 5.94. The number of benzene rings is 2. The molecule has 0 unspecified atom stereocenters. The molecule has 25 heavy (non-hydrogen) atoms. The summed E-state index contributed by atoms with van der Waals surface area (Å²) in [6.07, 6.45) is 1.38. The number of halogens is 1. The number of amides is 1. The lowest BCUT2D eigenvalue weighted by Gasteiger charge is -2.10. The molecule has 0 aliphatic rings. The molecule has 0 spiro atoms. The van der Waals surface area contributed by atoms with Crippen molar-refractivity contribution < 1.29 is 4.79 Å². The van der Waals surface area contributed by atoms with Gasteiger partial charge in [0.2, 0.25) is 5.91 Å². The molecule has 0 atom stereocenters. The van der Waals surface area contributed by atoms with Gasteiger partial charge in [0.1, 0.15) is 6.54 Å². The molecule has 6 heteroatoms. The van der Waals surface area contributed by atoms with Gasteiger partial charge in [-0.2, -0.15) is 0 Å². The minimum atomic E-state index is -0.293. The first-order valence-electron chi connectivity index (χ1n) is 7.98. The molecule has 0 radical (unpaired) electrons. The van der Waals surface area contributed by atoms with Crippen LogP contribution < -0.4 is 10.9 Å². The van der Waals surface area contributed by atoms with E-state index in [1.54, 1.807) is 18.2 Å². The van der Waals surface area contributed by atoms with Crippen LogP contribution in [0, 0.1) is 0 Å². The molecule has 0 aliphatic carbocycles. The molecule has 0 bridgehead atoms. The fourth-order valence-electron chi connectivity index (χ4n) is 2.57. The molecule has 0 saturated carbocycles. The highest BCUT2D eigenvalue weighted by atomic mass is 35.5. The summed E-state index contributed by atoms with van der Waals surface area (Å²) in [5.74, 6) is 0.0834. The molecule has 5 nitrogen and oxygen atoms in total. The van der Waals surface area contributed by atoms with Crippen molar-refractivity contribution in [3.8, 4) is 0 Å². The van der Waals surface area contributed by atoms with Gasteiger partial charge >= 0.3 is 0 Å². The van der Waals surface area contributed by atoms with E-state index in [4.69, 9.17) is 11.6 Å². The second-order valence-electron chi connectivity index (χ2n) is 6.17. The Bertz CT molecular complexity index is 995. The van der Waals surface area contributed by atoms with Crippen LogP contribution >= 0.6 is 11.6 Å². The van der Waals surface area contributed by atoms with Crippen LogP contribution in [0.4, 0.5) is 5.69 Å². The Morgan fingerprint density at radius 3 is 2.80 bits per heavy atom. The van der Waals surface area contributed by atoms with Crippen molar-refractivity contribution in [3.63, 3.8) is 0 Å². The molecular formula is C19H18ClN3O2. The van der Waals surface area contributed by atoms with Crippen LogP contribution in [0.5, 0.6) is 0 Å². The van der Waals surface area contributed by atoms with Crippen molar-refractivity contribution in [1.82, 2.24) is 9.55 Å². The maximum absolute atomic E-state index is 12.5. The maximum Gasteiger partial charge on any atom is 0.261 e. The summed E-state index contributed by atoms with van der Waals surface area (Å²) in [6, 6.07) is 12.6. The zero-order chi connectivity index (χ0) is 18.0. The highest BCUT2D eigenvalue weighted by Gasteiger charge is 2.09. The van der Waals surface area contributed by atoms with E-state index in [9.17, 15) is 9.59 Å². The van der Waals surface area contributed by atoms with Gasteiger partial charge in [0, 0.05) is 10.7 Å². The van der Waals surface area contributed by atoms with E-state index >= 15 is 0 Å². The second-order valence-corrected chi connectivity index (χ2v) is 6.60. The fourth-order valence-corrected chi connectivity index (χ4v) is 2.75. The Kier molecular flexibility index (Phi) is 4.86. The molecule has 2 aromatic carbocycles. The van der Waals surface area contributed by atoms with Crippen molar-refractivity contribution in [2.45, 2.75) is 26.3 Å². The van der Waals surface area contributed by atoms with Gasteiger partial charge in [-0.15, -0.1) is 0 Å². The van der Waals surface area contributed by atoms with Gasteiger partial charge in [0.15, 0.2) is 0 Å². The molecule has 0 saturated heterocycles. The summed E-state index contributed by atoms with van der Waals surface area (Å²) in [4.78, 5) is 29.0. The number of fused-ring (bicyclic) bond motifs is 1. The van der Waals surface area contributed by atoms with E-state index in [-0.39, 0.29) is 18.0 Å². The SMILES string of the molecule is CC(C)c1cccc(NC(=O)Cn2cnc3ccc(Cl)cc3c2=O)c1. The van der Waals surface area contributed by atoms with Gasteiger partial charge in [0.25, 0.3) is 5.56 Å². The maximum atomic E-state index is 12.5. The van der Waals surface area contributed by atoms with Gasteiger partial charge < -0.3 is 5.32 Å². The monoisotopic (exact) mass is 355 g/mol. The standard InChI is InChI=1S/C19H18ClN3O2/c1-12(2)13-4-3-5-15(8-13)22-18(24)10-23-11-21-17-7-6-14(20)9-16(17)19(23)25/h3-9,11-12H,10H2,1-2H3,(H,22,24). The van der Waals surface area contributed by atoms with Crippen LogP contribution in [0.3, 0.4) is 0 Å². The van der Waals surface area contributed by atoms with Gasteiger partial charge in [-0.1, -0.05) is 37.6 Å². The van der Waals surface area contributed by atoms with Crippen molar-refractivity contribution in [3.05, 3.63) is 69.7 Å². The summed E-state index contributed by atoms with van der Waals surface area (Å²) in [5, 5.41) is 3.67. The van der Waals surface area contributed by atoms with E-state index in [2.05, 4.69) is 24.1 Å². The Labute approximate surface area is 150 Å². The third kappa shape index (κ3) is 3.88. The number of nitrogens with one attached hydrogen (secondary N) is 1. The first-order chi connectivity index (χ1) is 11.9. The predicted octanol–water partition coefficient (Wildman–Crippen LogP) is 3.81. The van der Waals surface area contributed by atoms with E-state index in [1.807, 2.05) is 24.3 Å². The largest absolute Gasteiger partial charge is 0.325 e. The summed E-state index contributed by atoms with van der Waals surface area (Å²) in [5.41, 5.74) is 2.10. The van der Waals surface area contributed by atoms with Crippen LogP contribution in [0.25, 0.3) is 10.9 Å². The van der Waals surface area contributed by atoms with Gasteiger partial charge in [-0.05, 0) is 41.8 Å². The molecule has 1 amide bonds. The molecule has 0 aliphatic heterocycles. The summed E-state index contributed by atoms with van der Waals surface area (Å²) in [6.45, 7) is 4.07. The van der Waals surface area contributed by atoms with Crippen LogP contribution in [0.15, 0.2) is 53.6 Å². The molecular weight excluding hydrogens is 338 g/mol. The number of anilines is 1. The van der Waals surface area contributed by atoms with Gasteiger partial charge in [-0.25, -0.2) is 4.98 Å². The minimum absolute atomic E-state index is 0.111. The number of hydrogen-bond donors (Lipinski definition) is 1. The third-order valence-electron chi connectivity index (χ3n) is 3.94. The van der Waals surface area contributed by atoms with Gasteiger partial charge in [0.05, 0.1) is 17.2 Å². The first-order valence-corrected chi connectivity index (χ1v) is 8.36. The van der Waals surface area contributed by atoms with Crippen molar-refractivity contribution in [2.75, 3.05) is 5.32 Å². The number of hydrogen-bond acceptors (Lipinski definition) is 3. The van der Waals surface area contributed by atoms with Crippen molar-refractivity contribution in [2.24, 2.45) is 0 Å². The highest BCUT2D eigenvalue weighted by Crippen LogP contribution is 2.18. The Morgan fingerprint density at radius 2 is 2.04 bits per heavy atom. The Balaban J connectivity index is 1.81. The number of aromatic nitrogens is 2. The van der Waals surface area contributed by atoms with E-state index < -0.39 is 0 Å². The molecule has 0 fully saturated rings. The van der Waals surface area contributed by atoms with Gasteiger partial charge in [-0.3, -0.25) is 14.2 Å². The highest BCUT2D eigenvalue weighted by molar-refractivity contribution is 6.31. The quantitative estimate of drug-likeness (QED) is 0.774. The average Bonchev–Trinajstić information content (AvgIpc) is 2.58.